The number of ether oxygens (including phenoxy) is 1. The third kappa shape index (κ3) is 6.22. The van der Waals surface area contributed by atoms with Gasteiger partial charge in [0.1, 0.15) is 5.75 Å². The molecular formula is C22H21ClN4O3. The lowest BCUT2D eigenvalue weighted by atomic mass is 10.1. The van der Waals surface area contributed by atoms with Gasteiger partial charge in [0.15, 0.2) is 12.4 Å². The van der Waals surface area contributed by atoms with Gasteiger partial charge in [0.05, 0.1) is 6.04 Å². The third-order valence-corrected chi connectivity index (χ3v) is 4.36. The van der Waals surface area contributed by atoms with E-state index in [-0.39, 0.29) is 24.4 Å². The van der Waals surface area contributed by atoms with Gasteiger partial charge in [-0.05, 0) is 42.8 Å². The average Bonchev–Trinajstić information content (AvgIpc) is 2.75. The summed E-state index contributed by atoms with van der Waals surface area (Å²) in [5.41, 5.74) is 7.37. The van der Waals surface area contributed by atoms with Crippen LogP contribution in [0.1, 0.15) is 24.1 Å². The molecule has 0 aliphatic carbocycles. The molecule has 2 aromatic carbocycles. The Morgan fingerprint density at radius 2 is 1.87 bits per heavy atom. The van der Waals surface area contributed by atoms with Gasteiger partial charge in [-0.3, -0.25) is 4.79 Å². The Balaban J connectivity index is 1.48. The Morgan fingerprint density at radius 3 is 2.53 bits per heavy atom. The minimum Gasteiger partial charge on any atom is -0.439 e. The van der Waals surface area contributed by atoms with Gasteiger partial charge in [0.2, 0.25) is 5.88 Å². The highest BCUT2D eigenvalue weighted by molar-refractivity contribution is 6.30. The number of carbonyl (C=O) groups excluding carboxylic acids is 1. The minimum absolute atomic E-state index is 0.104. The van der Waals surface area contributed by atoms with Crippen LogP contribution in [0.25, 0.3) is 0 Å². The number of hydrogen-bond donors (Lipinski definition) is 2. The average molecular weight is 425 g/mol. The Bertz CT molecular complexity index is 993. The molecule has 30 heavy (non-hydrogen) atoms. The first-order valence-corrected chi connectivity index (χ1v) is 9.58. The van der Waals surface area contributed by atoms with Gasteiger partial charge in [-0.25, -0.2) is 4.98 Å². The number of nitrogens with two attached hydrogens (primary N) is 1. The fourth-order valence-electron chi connectivity index (χ4n) is 2.53. The van der Waals surface area contributed by atoms with E-state index in [9.17, 15) is 4.79 Å². The molecule has 3 rings (SSSR count). The van der Waals surface area contributed by atoms with Crippen molar-refractivity contribution >= 4 is 23.3 Å². The summed E-state index contributed by atoms with van der Waals surface area (Å²) in [6.45, 7) is 1.60. The number of rotatable bonds is 8. The van der Waals surface area contributed by atoms with E-state index in [1.165, 1.54) is 6.20 Å². The predicted octanol–water partition coefficient (Wildman–Crippen LogP) is 4.04. The third-order valence-electron chi connectivity index (χ3n) is 4.10. The molecule has 0 saturated carbocycles. The maximum absolute atomic E-state index is 12.0. The van der Waals surface area contributed by atoms with Gasteiger partial charge in [0, 0.05) is 22.8 Å². The number of benzene rings is 2. The van der Waals surface area contributed by atoms with Crippen molar-refractivity contribution in [2.45, 2.75) is 13.0 Å². The van der Waals surface area contributed by atoms with Crippen molar-refractivity contribution in [3.05, 3.63) is 89.1 Å². The molecule has 0 bridgehead atoms. The molecule has 0 radical (unpaired) electrons. The number of pyridine rings is 1. The Morgan fingerprint density at radius 1 is 1.13 bits per heavy atom. The van der Waals surface area contributed by atoms with E-state index in [1.54, 1.807) is 24.3 Å². The molecule has 3 aromatic rings. The van der Waals surface area contributed by atoms with Gasteiger partial charge < -0.3 is 20.6 Å². The van der Waals surface area contributed by atoms with Gasteiger partial charge in [-0.15, -0.1) is 0 Å². The lowest BCUT2D eigenvalue weighted by Gasteiger charge is -2.14. The smallest absolute Gasteiger partial charge is 0.261 e. The van der Waals surface area contributed by atoms with Crippen LogP contribution in [0.5, 0.6) is 11.6 Å². The second-order valence-corrected chi connectivity index (χ2v) is 6.83. The van der Waals surface area contributed by atoms with Crippen LogP contribution in [0.2, 0.25) is 5.02 Å². The molecule has 0 fully saturated rings. The first-order valence-electron chi connectivity index (χ1n) is 9.21. The molecule has 1 unspecified atom stereocenters. The zero-order valence-corrected chi connectivity index (χ0v) is 17.0. The van der Waals surface area contributed by atoms with Crippen molar-refractivity contribution in [3.63, 3.8) is 0 Å². The molecule has 3 N–H and O–H groups in total. The molecular weight excluding hydrogens is 404 g/mol. The maximum atomic E-state index is 12.0. The summed E-state index contributed by atoms with van der Waals surface area (Å²) in [5.74, 6) is 0.891. The zero-order valence-electron chi connectivity index (χ0n) is 16.3. The van der Waals surface area contributed by atoms with Crippen molar-refractivity contribution in [1.82, 2.24) is 10.3 Å². The lowest BCUT2D eigenvalue weighted by Crippen LogP contribution is -2.30. The van der Waals surface area contributed by atoms with Gasteiger partial charge in [0.25, 0.3) is 5.91 Å². The number of amidine groups is 1. The molecule has 1 amide bonds. The van der Waals surface area contributed by atoms with E-state index >= 15 is 0 Å². The number of aromatic nitrogens is 1. The number of oxime groups is 1. The highest BCUT2D eigenvalue weighted by Gasteiger charge is 2.10. The monoisotopic (exact) mass is 424 g/mol. The summed E-state index contributed by atoms with van der Waals surface area (Å²) < 4.78 is 5.62. The van der Waals surface area contributed by atoms with Crippen LogP contribution in [0, 0.1) is 0 Å². The highest BCUT2D eigenvalue weighted by atomic mass is 35.5. The molecule has 1 aromatic heterocycles. The van der Waals surface area contributed by atoms with Crippen molar-refractivity contribution in [2.24, 2.45) is 10.9 Å². The van der Waals surface area contributed by atoms with Crippen molar-refractivity contribution in [3.8, 4) is 11.6 Å². The van der Waals surface area contributed by atoms with E-state index in [2.05, 4.69) is 15.5 Å². The Labute approximate surface area is 179 Å². The predicted molar refractivity (Wildman–Crippen MR) is 115 cm³/mol. The molecule has 8 heteroatoms. The van der Waals surface area contributed by atoms with E-state index < -0.39 is 0 Å². The molecule has 0 aliphatic rings. The second-order valence-electron chi connectivity index (χ2n) is 6.39. The number of nitrogens with zero attached hydrogens (tertiary/aromatic N) is 2. The topological polar surface area (TPSA) is 98.8 Å². The molecule has 154 valence electrons. The zero-order chi connectivity index (χ0) is 21.3. The number of nitrogens with one attached hydrogen (secondary N) is 1. The second kappa shape index (κ2) is 10.3. The standard InChI is InChI=1S/C22H21ClN4O3/c1-15(16-7-10-18(23)11-8-16)26-20(28)14-29-27-22(24)17-9-12-21(25-13-17)30-19-5-3-2-4-6-19/h2-13,15H,14H2,1H3,(H2,24,27)(H,26,28). The number of halogens is 1. The van der Waals surface area contributed by atoms with Crippen LogP contribution in [0.3, 0.4) is 0 Å². The van der Waals surface area contributed by atoms with Crippen LogP contribution >= 0.6 is 11.6 Å². The Kier molecular flexibility index (Phi) is 7.24. The number of hydrogen-bond acceptors (Lipinski definition) is 5. The number of carbonyl (C=O) groups is 1. The molecule has 1 heterocycles. The molecule has 1 atom stereocenters. The van der Waals surface area contributed by atoms with Crippen LogP contribution in [0.4, 0.5) is 0 Å². The summed E-state index contributed by atoms with van der Waals surface area (Å²) in [6.07, 6.45) is 1.52. The number of amides is 1. The number of para-hydroxylation sites is 1. The first kappa shape index (κ1) is 21.1. The van der Waals surface area contributed by atoms with Crippen LogP contribution in [-0.2, 0) is 9.63 Å². The minimum atomic E-state index is -0.321. The van der Waals surface area contributed by atoms with E-state index in [4.69, 9.17) is 26.9 Å². The fourth-order valence-corrected chi connectivity index (χ4v) is 2.66. The quantitative estimate of drug-likeness (QED) is 0.323. The summed E-state index contributed by atoms with van der Waals surface area (Å²) >= 11 is 5.87. The lowest BCUT2D eigenvalue weighted by molar-refractivity contribution is -0.126. The van der Waals surface area contributed by atoms with Crippen molar-refractivity contribution in [1.29, 1.82) is 0 Å². The summed E-state index contributed by atoms with van der Waals surface area (Å²) in [4.78, 5) is 21.3. The molecule has 7 nitrogen and oxygen atoms in total. The summed E-state index contributed by atoms with van der Waals surface area (Å²) in [5, 5.41) is 7.23. The van der Waals surface area contributed by atoms with Crippen molar-refractivity contribution in [2.75, 3.05) is 6.61 Å². The Hall–Kier alpha value is -3.58. The van der Waals surface area contributed by atoms with Crippen LogP contribution in [-0.4, -0.2) is 23.3 Å². The summed E-state index contributed by atoms with van der Waals surface area (Å²) in [7, 11) is 0. The molecule has 0 saturated heterocycles. The summed E-state index contributed by atoms with van der Waals surface area (Å²) in [6, 6.07) is 19.7. The SMILES string of the molecule is CC(NC(=O)CON=C(N)c1ccc(Oc2ccccc2)nc1)c1ccc(Cl)cc1. The van der Waals surface area contributed by atoms with Crippen molar-refractivity contribution < 1.29 is 14.4 Å². The van der Waals surface area contributed by atoms with Crippen LogP contribution < -0.4 is 15.8 Å². The highest BCUT2D eigenvalue weighted by Crippen LogP contribution is 2.18. The fraction of sp³-hybridized carbons (Fsp3) is 0.136. The van der Waals surface area contributed by atoms with Gasteiger partial charge >= 0.3 is 0 Å². The van der Waals surface area contributed by atoms with Crippen LogP contribution in [0.15, 0.2) is 78.1 Å². The normalized spacial score (nSPS) is 12.1. The molecule has 0 spiro atoms. The first-order chi connectivity index (χ1) is 14.5. The van der Waals surface area contributed by atoms with E-state index in [0.717, 1.165) is 5.56 Å². The van der Waals surface area contributed by atoms with E-state index in [0.29, 0.717) is 22.2 Å². The maximum Gasteiger partial charge on any atom is 0.261 e. The largest absolute Gasteiger partial charge is 0.439 e. The van der Waals surface area contributed by atoms with Gasteiger partial charge in [-0.1, -0.05) is 47.1 Å². The molecule has 0 aliphatic heterocycles. The van der Waals surface area contributed by atoms with Gasteiger partial charge in [-0.2, -0.15) is 0 Å². The van der Waals surface area contributed by atoms with E-state index in [1.807, 2.05) is 49.4 Å².